The average Bonchev–Trinajstić information content (AvgIpc) is 3.24. The van der Waals surface area contributed by atoms with Gasteiger partial charge in [0.1, 0.15) is 5.82 Å². The Kier molecular flexibility index (Phi) is 2.93. The van der Waals surface area contributed by atoms with Gasteiger partial charge in [-0.3, -0.25) is 9.98 Å². The van der Waals surface area contributed by atoms with Gasteiger partial charge in [0.25, 0.3) is 0 Å². The number of aromatic nitrogens is 1. The molecule has 108 valence electrons. The largest absolute Gasteiger partial charge is 0.384 e. The van der Waals surface area contributed by atoms with Crippen molar-refractivity contribution in [1.82, 2.24) is 4.98 Å². The summed E-state index contributed by atoms with van der Waals surface area (Å²) in [4.78, 5) is 13.3. The Labute approximate surface area is 129 Å². The van der Waals surface area contributed by atoms with Crippen molar-refractivity contribution in [2.24, 2.45) is 15.9 Å². The fourth-order valence-corrected chi connectivity index (χ4v) is 2.65. The third-order valence-corrected chi connectivity index (χ3v) is 3.90. The second kappa shape index (κ2) is 4.96. The van der Waals surface area contributed by atoms with Gasteiger partial charge >= 0.3 is 0 Å². The summed E-state index contributed by atoms with van der Waals surface area (Å²) in [6.07, 6.45) is 6.23. The third-order valence-electron chi connectivity index (χ3n) is 3.90. The van der Waals surface area contributed by atoms with Crippen LogP contribution in [-0.2, 0) is 0 Å². The van der Waals surface area contributed by atoms with Crippen molar-refractivity contribution in [2.75, 3.05) is 12.3 Å². The van der Waals surface area contributed by atoms with Gasteiger partial charge in [0.05, 0.1) is 23.5 Å². The van der Waals surface area contributed by atoms with Crippen LogP contribution in [0.4, 0.5) is 5.82 Å². The standard InChI is InChI=1S/C18H16N4/c1-11-8-15-14(5-4-12-2-3-12)18(21-10-16(15)22-11)13-6-7-20-17(19)9-13/h6-9,12H,2-3,10H2,1H3,(H2,19,20). The maximum Gasteiger partial charge on any atom is 0.123 e. The van der Waals surface area contributed by atoms with E-state index in [-0.39, 0.29) is 0 Å². The molecule has 1 aliphatic carbocycles. The minimum absolute atomic E-state index is 0.498. The fraction of sp³-hybridized carbons (Fsp3) is 0.278. The molecular weight excluding hydrogens is 272 g/mol. The second-order valence-electron chi connectivity index (χ2n) is 5.81. The molecule has 1 aromatic rings. The zero-order valence-corrected chi connectivity index (χ0v) is 12.4. The van der Waals surface area contributed by atoms with E-state index in [1.54, 1.807) is 6.20 Å². The van der Waals surface area contributed by atoms with Crippen molar-refractivity contribution in [1.29, 1.82) is 0 Å². The predicted octanol–water partition coefficient (Wildman–Crippen LogP) is 2.53. The van der Waals surface area contributed by atoms with E-state index in [9.17, 15) is 0 Å². The van der Waals surface area contributed by atoms with Crippen molar-refractivity contribution >= 4 is 17.2 Å². The summed E-state index contributed by atoms with van der Waals surface area (Å²) >= 11 is 0. The molecule has 0 unspecified atom stereocenters. The summed E-state index contributed by atoms with van der Waals surface area (Å²) in [6, 6.07) is 3.79. The van der Waals surface area contributed by atoms with Crippen LogP contribution in [0.25, 0.3) is 0 Å². The highest BCUT2D eigenvalue weighted by atomic mass is 14.9. The molecule has 1 aromatic heterocycles. The number of pyridine rings is 1. The Morgan fingerprint density at radius 1 is 1.32 bits per heavy atom. The zero-order chi connectivity index (χ0) is 15.1. The molecule has 0 amide bonds. The summed E-state index contributed by atoms with van der Waals surface area (Å²) in [5, 5.41) is 0. The molecule has 0 aromatic carbocycles. The smallest absolute Gasteiger partial charge is 0.123 e. The lowest BCUT2D eigenvalue weighted by atomic mass is 9.93. The van der Waals surface area contributed by atoms with Crippen LogP contribution in [-0.4, -0.2) is 23.0 Å². The number of rotatable bonds is 1. The monoisotopic (exact) mass is 288 g/mol. The van der Waals surface area contributed by atoms with Gasteiger partial charge in [-0.1, -0.05) is 11.8 Å². The SMILES string of the molecule is CC1=CC2=C(C#CC3CC3)C(c3ccnc(N)c3)=NCC2=N1. The van der Waals surface area contributed by atoms with Gasteiger partial charge in [0, 0.05) is 28.9 Å². The quantitative estimate of drug-likeness (QED) is 0.807. The Morgan fingerprint density at radius 3 is 2.95 bits per heavy atom. The number of hydrogen-bond donors (Lipinski definition) is 1. The Hall–Kier alpha value is -2.67. The second-order valence-corrected chi connectivity index (χ2v) is 5.81. The summed E-state index contributed by atoms with van der Waals surface area (Å²) in [5.41, 5.74) is 11.8. The van der Waals surface area contributed by atoms with E-state index < -0.39 is 0 Å². The van der Waals surface area contributed by atoms with Crippen molar-refractivity contribution in [3.05, 3.63) is 46.8 Å². The topological polar surface area (TPSA) is 63.6 Å². The lowest BCUT2D eigenvalue weighted by Crippen LogP contribution is -2.19. The first-order chi connectivity index (χ1) is 10.7. The van der Waals surface area contributed by atoms with Crippen LogP contribution in [0, 0.1) is 17.8 Å². The predicted molar refractivity (Wildman–Crippen MR) is 88.8 cm³/mol. The maximum atomic E-state index is 5.82. The maximum absolute atomic E-state index is 5.82. The Morgan fingerprint density at radius 2 is 2.18 bits per heavy atom. The number of allylic oxidation sites excluding steroid dienone is 3. The molecule has 2 N–H and O–H groups in total. The first-order valence-corrected chi connectivity index (χ1v) is 7.49. The van der Waals surface area contributed by atoms with E-state index in [0.717, 1.165) is 33.8 Å². The summed E-state index contributed by atoms with van der Waals surface area (Å²) < 4.78 is 0. The van der Waals surface area contributed by atoms with Crippen LogP contribution >= 0.6 is 0 Å². The molecule has 0 spiro atoms. The van der Waals surface area contributed by atoms with E-state index in [1.807, 2.05) is 19.1 Å². The van der Waals surface area contributed by atoms with Gasteiger partial charge in [-0.15, -0.1) is 0 Å². The molecule has 1 fully saturated rings. The highest BCUT2D eigenvalue weighted by Crippen LogP contribution is 2.30. The first-order valence-electron chi connectivity index (χ1n) is 7.49. The lowest BCUT2D eigenvalue weighted by Gasteiger charge is -2.15. The van der Waals surface area contributed by atoms with Crippen LogP contribution in [0.1, 0.15) is 25.3 Å². The van der Waals surface area contributed by atoms with E-state index in [1.165, 1.54) is 12.8 Å². The lowest BCUT2D eigenvalue weighted by molar-refractivity contribution is 1.18. The molecule has 22 heavy (non-hydrogen) atoms. The normalized spacial score (nSPS) is 19.8. The molecule has 4 rings (SSSR count). The molecule has 4 heteroatoms. The van der Waals surface area contributed by atoms with E-state index in [2.05, 4.69) is 27.9 Å². The van der Waals surface area contributed by atoms with Crippen molar-refractivity contribution in [3.63, 3.8) is 0 Å². The van der Waals surface area contributed by atoms with Gasteiger partial charge in [-0.05, 0) is 38.0 Å². The fourth-order valence-electron chi connectivity index (χ4n) is 2.65. The van der Waals surface area contributed by atoms with Crippen molar-refractivity contribution in [3.8, 4) is 11.8 Å². The Balaban J connectivity index is 1.84. The number of aliphatic imine (C=N–C) groups is 2. The van der Waals surface area contributed by atoms with E-state index in [0.29, 0.717) is 18.3 Å². The van der Waals surface area contributed by atoms with Gasteiger partial charge < -0.3 is 5.73 Å². The molecule has 0 saturated heterocycles. The minimum atomic E-state index is 0.498. The molecule has 4 nitrogen and oxygen atoms in total. The number of nitrogens with zero attached hydrogens (tertiary/aromatic N) is 3. The van der Waals surface area contributed by atoms with Crippen molar-refractivity contribution in [2.45, 2.75) is 19.8 Å². The summed E-state index contributed by atoms with van der Waals surface area (Å²) in [5.74, 6) is 7.75. The van der Waals surface area contributed by atoms with E-state index >= 15 is 0 Å². The van der Waals surface area contributed by atoms with Crippen LogP contribution in [0.2, 0.25) is 0 Å². The summed E-state index contributed by atoms with van der Waals surface area (Å²) in [7, 11) is 0. The average molecular weight is 288 g/mol. The Bertz CT molecular complexity index is 839. The van der Waals surface area contributed by atoms with Gasteiger partial charge in [0.15, 0.2) is 0 Å². The number of nitrogens with two attached hydrogens (primary N) is 1. The van der Waals surface area contributed by atoms with Crippen LogP contribution in [0.15, 0.2) is 51.2 Å². The number of hydrogen-bond acceptors (Lipinski definition) is 4. The van der Waals surface area contributed by atoms with Crippen molar-refractivity contribution < 1.29 is 0 Å². The van der Waals surface area contributed by atoms with Gasteiger partial charge in [0.2, 0.25) is 0 Å². The first kappa shape index (κ1) is 13.0. The highest BCUT2D eigenvalue weighted by molar-refractivity contribution is 6.25. The number of nitrogen functional groups attached to an aromatic ring is 1. The van der Waals surface area contributed by atoms with Gasteiger partial charge in [-0.25, -0.2) is 4.98 Å². The molecule has 0 atom stereocenters. The molecule has 0 bridgehead atoms. The molecule has 0 radical (unpaired) electrons. The van der Waals surface area contributed by atoms with Crippen LogP contribution < -0.4 is 5.73 Å². The van der Waals surface area contributed by atoms with Gasteiger partial charge in [-0.2, -0.15) is 0 Å². The highest BCUT2D eigenvalue weighted by Gasteiger charge is 2.25. The van der Waals surface area contributed by atoms with E-state index in [4.69, 9.17) is 10.7 Å². The number of dihydropyridines is 1. The molecule has 3 heterocycles. The van der Waals surface area contributed by atoms with Crippen LogP contribution in [0.5, 0.6) is 0 Å². The molecular formula is C18H16N4. The zero-order valence-electron chi connectivity index (χ0n) is 12.4. The number of fused-ring (bicyclic) bond motifs is 1. The molecule has 1 saturated carbocycles. The number of anilines is 1. The third kappa shape index (κ3) is 2.35. The minimum Gasteiger partial charge on any atom is -0.384 e. The molecule has 3 aliphatic rings. The summed E-state index contributed by atoms with van der Waals surface area (Å²) in [6.45, 7) is 2.60. The molecule has 2 aliphatic heterocycles. The van der Waals surface area contributed by atoms with Crippen LogP contribution in [0.3, 0.4) is 0 Å².